The summed E-state index contributed by atoms with van der Waals surface area (Å²) in [7, 11) is 0. The van der Waals surface area contributed by atoms with E-state index < -0.39 is 5.97 Å². The van der Waals surface area contributed by atoms with Crippen molar-refractivity contribution in [3.63, 3.8) is 0 Å². The molecule has 0 fully saturated rings. The Morgan fingerprint density at radius 3 is 2.76 bits per heavy atom. The highest BCUT2D eigenvalue weighted by Crippen LogP contribution is 2.25. The third kappa shape index (κ3) is 2.85. The molecule has 1 heterocycles. The fourth-order valence-corrected chi connectivity index (χ4v) is 2.26. The van der Waals surface area contributed by atoms with Gasteiger partial charge in [-0.2, -0.15) is 0 Å². The predicted octanol–water partition coefficient (Wildman–Crippen LogP) is 4.36. The fourth-order valence-electron chi connectivity index (χ4n) is 2.08. The highest BCUT2D eigenvalue weighted by Gasteiger charge is 2.12. The smallest absolute Gasteiger partial charge is 0.336 e. The van der Waals surface area contributed by atoms with Crippen molar-refractivity contribution in [1.82, 2.24) is 0 Å². The van der Waals surface area contributed by atoms with Gasteiger partial charge in [0.15, 0.2) is 0 Å². The second-order valence-corrected chi connectivity index (χ2v) is 4.92. The molecule has 21 heavy (non-hydrogen) atoms. The van der Waals surface area contributed by atoms with Crippen LogP contribution in [-0.2, 0) is 6.61 Å². The van der Waals surface area contributed by atoms with E-state index >= 15 is 0 Å². The van der Waals surface area contributed by atoms with E-state index in [1.54, 1.807) is 48.5 Å². The number of benzene rings is 2. The number of hydrogen-bond acceptors (Lipinski definition) is 3. The molecule has 0 unspecified atom stereocenters. The lowest BCUT2D eigenvalue weighted by Crippen LogP contribution is -1.95. The molecule has 106 valence electrons. The molecule has 1 N–H and O–H groups in total. The van der Waals surface area contributed by atoms with Gasteiger partial charge in [-0.15, -0.1) is 0 Å². The van der Waals surface area contributed by atoms with E-state index in [0.29, 0.717) is 27.5 Å². The number of carbonyl (C=O) groups is 1. The standard InChI is InChI=1S/C16H11ClO4/c17-10-3-1-4-11(7-10)20-9-12-8-14-13(16(18)19)5-2-6-15(14)21-12/h1-8H,9H2,(H,18,19). The molecule has 0 amide bonds. The van der Waals surface area contributed by atoms with Crippen molar-refractivity contribution in [1.29, 1.82) is 0 Å². The van der Waals surface area contributed by atoms with Crippen LogP contribution in [0.4, 0.5) is 0 Å². The molecule has 4 nitrogen and oxygen atoms in total. The summed E-state index contributed by atoms with van der Waals surface area (Å²) in [5.41, 5.74) is 0.741. The predicted molar refractivity (Wildman–Crippen MR) is 79.0 cm³/mol. The molecule has 0 aliphatic heterocycles. The van der Waals surface area contributed by atoms with Crippen LogP contribution in [0, 0.1) is 0 Å². The molecule has 5 heteroatoms. The Morgan fingerprint density at radius 2 is 2.00 bits per heavy atom. The first-order valence-electron chi connectivity index (χ1n) is 6.26. The van der Waals surface area contributed by atoms with Gasteiger partial charge in [0.05, 0.1) is 5.56 Å². The van der Waals surface area contributed by atoms with Crippen LogP contribution in [0.1, 0.15) is 16.1 Å². The lowest BCUT2D eigenvalue weighted by Gasteiger charge is -2.03. The first-order valence-corrected chi connectivity index (χ1v) is 6.64. The van der Waals surface area contributed by atoms with Crippen LogP contribution in [0.15, 0.2) is 52.9 Å². The van der Waals surface area contributed by atoms with Gasteiger partial charge in [-0.3, -0.25) is 0 Å². The number of ether oxygens (including phenoxy) is 1. The third-order valence-corrected chi connectivity index (χ3v) is 3.26. The van der Waals surface area contributed by atoms with E-state index in [4.69, 9.17) is 25.9 Å². The molecule has 3 rings (SSSR count). The first-order chi connectivity index (χ1) is 10.1. The molecular weight excluding hydrogens is 292 g/mol. The Balaban J connectivity index is 1.85. The van der Waals surface area contributed by atoms with E-state index in [1.165, 1.54) is 0 Å². The van der Waals surface area contributed by atoms with Crippen molar-refractivity contribution in [2.75, 3.05) is 0 Å². The minimum Gasteiger partial charge on any atom is -0.486 e. The summed E-state index contributed by atoms with van der Waals surface area (Å²) in [6, 6.07) is 13.6. The van der Waals surface area contributed by atoms with Crippen molar-refractivity contribution in [3.8, 4) is 5.75 Å². The average molecular weight is 303 g/mol. The third-order valence-electron chi connectivity index (χ3n) is 3.02. The summed E-state index contributed by atoms with van der Waals surface area (Å²) < 4.78 is 11.2. The van der Waals surface area contributed by atoms with Gasteiger partial charge in [-0.1, -0.05) is 23.7 Å². The average Bonchev–Trinajstić information content (AvgIpc) is 2.87. The Bertz CT molecular complexity index is 807. The van der Waals surface area contributed by atoms with E-state index in [-0.39, 0.29) is 12.2 Å². The Labute approximate surface area is 125 Å². The lowest BCUT2D eigenvalue weighted by atomic mass is 10.1. The lowest BCUT2D eigenvalue weighted by molar-refractivity contribution is 0.0699. The van der Waals surface area contributed by atoms with Gasteiger partial charge in [-0.05, 0) is 36.4 Å². The van der Waals surface area contributed by atoms with Gasteiger partial charge >= 0.3 is 5.97 Å². The van der Waals surface area contributed by atoms with E-state index in [2.05, 4.69) is 0 Å². The molecule has 0 radical (unpaired) electrons. The molecule has 0 saturated heterocycles. The van der Waals surface area contributed by atoms with Gasteiger partial charge in [-0.25, -0.2) is 4.79 Å². The van der Waals surface area contributed by atoms with Crippen molar-refractivity contribution < 1.29 is 19.1 Å². The Hall–Kier alpha value is -2.46. The van der Waals surface area contributed by atoms with Crippen molar-refractivity contribution in [3.05, 3.63) is 64.9 Å². The van der Waals surface area contributed by atoms with Crippen LogP contribution in [0.25, 0.3) is 11.0 Å². The number of aromatic carboxylic acids is 1. The minimum absolute atomic E-state index is 0.202. The zero-order valence-electron chi connectivity index (χ0n) is 10.9. The van der Waals surface area contributed by atoms with Crippen LogP contribution in [0.3, 0.4) is 0 Å². The van der Waals surface area contributed by atoms with Crippen LogP contribution in [0.2, 0.25) is 5.02 Å². The van der Waals surface area contributed by atoms with Crippen molar-refractivity contribution in [2.45, 2.75) is 6.61 Å². The first kappa shape index (κ1) is 13.5. The summed E-state index contributed by atoms with van der Waals surface area (Å²) in [5.74, 6) is 0.198. The summed E-state index contributed by atoms with van der Waals surface area (Å²) in [5, 5.41) is 10.3. The maximum Gasteiger partial charge on any atom is 0.336 e. The largest absolute Gasteiger partial charge is 0.486 e. The van der Waals surface area contributed by atoms with E-state index in [0.717, 1.165) is 0 Å². The van der Waals surface area contributed by atoms with Gasteiger partial charge < -0.3 is 14.3 Å². The summed E-state index contributed by atoms with van der Waals surface area (Å²) in [6.07, 6.45) is 0. The molecule has 3 aromatic rings. The van der Waals surface area contributed by atoms with Crippen LogP contribution >= 0.6 is 11.6 Å². The fraction of sp³-hybridized carbons (Fsp3) is 0.0625. The molecule has 0 aliphatic rings. The van der Waals surface area contributed by atoms with Crippen LogP contribution in [-0.4, -0.2) is 11.1 Å². The molecule has 0 atom stereocenters. The van der Waals surface area contributed by atoms with Crippen molar-refractivity contribution >= 4 is 28.5 Å². The molecule has 0 aliphatic carbocycles. The van der Waals surface area contributed by atoms with E-state index in [1.807, 2.05) is 0 Å². The zero-order chi connectivity index (χ0) is 14.8. The minimum atomic E-state index is -0.983. The molecule has 1 aromatic heterocycles. The van der Waals surface area contributed by atoms with E-state index in [9.17, 15) is 4.79 Å². The molecular formula is C16H11ClO4. The van der Waals surface area contributed by atoms with Gasteiger partial charge in [0.25, 0.3) is 0 Å². The highest BCUT2D eigenvalue weighted by molar-refractivity contribution is 6.30. The van der Waals surface area contributed by atoms with Crippen LogP contribution < -0.4 is 4.74 Å². The van der Waals surface area contributed by atoms with Gasteiger partial charge in [0.2, 0.25) is 0 Å². The molecule has 2 aromatic carbocycles. The summed E-state index contributed by atoms with van der Waals surface area (Å²) in [6.45, 7) is 0.202. The number of furan rings is 1. The second kappa shape index (κ2) is 5.50. The topological polar surface area (TPSA) is 59.7 Å². The maximum absolute atomic E-state index is 11.2. The molecule has 0 saturated carbocycles. The highest BCUT2D eigenvalue weighted by atomic mass is 35.5. The zero-order valence-corrected chi connectivity index (χ0v) is 11.6. The normalized spacial score (nSPS) is 10.7. The number of hydrogen-bond donors (Lipinski definition) is 1. The monoisotopic (exact) mass is 302 g/mol. The number of halogens is 1. The van der Waals surface area contributed by atoms with Crippen LogP contribution in [0.5, 0.6) is 5.75 Å². The number of carboxylic acids is 1. The number of carboxylic acid groups (broad SMARTS) is 1. The maximum atomic E-state index is 11.2. The summed E-state index contributed by atoms with van der Waals surface area (Å²) >= 11 is 5.88. The Kier molecular flexibility index (Phi) is 3.54. The molecule has 0 bridgehead atoms. The second-order valence-electron chi connectivity index (χ2n) is 4.48. The SMILES string of the molecule is O=C(O)c1cccc2oc(COc3cccc(Cl)c3)cc12. The quantitative estimate of drug-likeness (QED) is 0.777. The van der Waals surface area contributed by atoms with Gasteiger partial charge in [0, 0.05) is 10.4 Å². The van der Waals surface area contributed by atoms with Gasteiger partial charge in [0.1, 0.15) is 23.7 Å². The Morgan fingerprint density at radius 1 is 1.19 bits per heavy atom. The summed E-state index contributed by atoms with van der Waals surface area (Å²) in [4.78, 5) is 11.2. The molecule has 0 spiro atoms. The van der Waals surface area contributed by atoms with Crippen molar-refractivity contribution in [2.24, 2.45) is 0 Å². The number of fused-ring (bicyclic) bond motifs is 1. The number of rotatable bonds is 4.